The Morgan fingerprint density at radius 2 is 2.04 bits per heavy atom. The van der Waals surface area contributed by atoms with E-state index >= 15 is 0 Å². The Labute approximate surface area is 163 Å². The maximum Gasteiger partial charge on any atom is 0.416 e. The predicted octanol–water partition coefficient (Wildman–Crippen LogP) is 4.29. The molecule has 0 aliphatic rings. The first kappa shape index (κ1) is 21.2. The van der Waals surface area contributed by atoms with Crippen LogP contribution in [0.4, 0.5) is 24.5 Å². The maximum absolute atomic E-state index is 12.7. The number of nitro benzene ring substituents is 1. The summed E-state index contributed by atoms with van der Waals surface area (Å²) in [7, 11) is 0. The highest BCUT2D eigenvalue weighted by Crippen LogP contribution is 2.35. The average molecular weight is 462 g/mol. The second kappa shape index (κ2) is 8.69. The lowest BCUT2D eigenvalue weighted by Gasteiger charge is -2.08. The molecule has 0 aliphatic carbocycles. The van der Waals surface area contributed by atoms with Crippen LogP contribution in [0.3, 0.4) is 0 Å². The van der Waals surface area contributed by atoms with Gasteiger partial charge in [-0.15, -0.1) is 0 Å². The molecule has 0 saturated carbocycles. The molecular weight excluding hydrogens is 451 g/mol. The van der Waals surface area contributed by atoms with Crippen molar-refractivity contribution < 1.29 is 32.7 Å². The summed E-state index contributed by atoms with van der Waals surface area (Å²) in [4.78, 5) is 20.6. The van der Waals surface area contributed by atoms with Crippen LogP contribution in [-0.2, 0) is 11.0 Å². The van der Waals surface area contributed by atoms with Gasteiger partial charge in [-0.1, -0.05) is 0 Å². The number of aliphatic carboxylic acids is 1. The smallest absolute Gasteiger partial charge is 0.416 e. The molecule has 28 heavy (non-hydrogen) atoms. The van der Waals surface area contributed by atoms with Crippen molar-refractivity contribution in [2.45, 2.75) is 6.18 Å². The molecule has 0 amide bonds. The van der Waals surface area contributed by atoms with Gasteiger partial charge in [0.25, 0.3) is 5.69 Å². The largest absolute Gasteiger partial charge is 0.481 e. The normalized spacial score (nSPS) is 11.4. The van der Waals surface area contributed by atoms with Gasteiger partial charge in [0.05, 0.1) is 21.2 Å². The van der Waals surface area contributed by atoms with Crippen LogP contribution in [0.15, 0.2) is 46.0 Å². The number of nitro groups is 1. The van der Waals surface area contributed by atoms with Gasteiger partial charge < -0.3 is 9.84 Å². The molecule has 0 spiro atoms. The van der Waals surface area contributed by atoms with Crippen molar-refractivity contribution in [1.82, 2.24) is 0 Å². The van der Waals surface area contributed by atoms with E-state index in [4.69, 9.17) is 9.84 Å². The van der Waals surface area contributed by atoms with Crippen LogP contribution in [0.5, 0.6) is 5.75 Å². The van der Waals surface area contributed by atoms with Crippen LogP contribution in [0.25, 0.3) is 0 Å². The first-order valence-corrected chi connectivity index (χ1v) is 8.16. The van der Waals surface area contributed by atoms with Crippen molar-refractivity contribution in [2.24, 2.45) is 5.10 Å². The van der Waals surface area contributed by atoms with E-state index in [9.17, 15) is 28.1 Å². The summed E-state index contributed by atoms with van der Waals surface area (Å²) in [6, 6.07) is 6.60. The minimum atomic E-state index is -4.71. The summed E-state index contributed by atoms with van der Waals surface area (Å²) in [5, 5.41) is 23.4. The van der Waals surface area contributed by atoms with Crippen LogP contribution < -0.4 is 10.2 Å². The molecular formula is C16H11BrF3N3O5. The Hall–Kier alpha value is -3.15. The number of ether oxygens (including phenoxy) is 1. The Kier molecular flexibility index (Phi) is 6.57. The van der Waals surface area contributed by atoms with Crippen LogP contribution in [0.2, 0.25) is 0 Å². The summed E-state index contributed by atoms with van der Waals surface area (Å²) < 4.78 is 43.5. The molecule has 0 aromatic heterocycles. The number of carboxylic acid groups (broad SMARTS) is 1. The molecule has 0 atom stereocenters. The Balaban J connectivity index is 2.15. The second-order valence-electron chi connectivity index (χ2n) is 5.23. The minimum absolute atomic E-state index is 0.213. The van der Waals surface area contributed by atoms with Gasteiger partial charge in [-0.2, -0.15) is 18.3 Å². The molecule has 0 radical (unpaired) electrons. The zero-order chi connectivity index (χ0) is 20.9. The number of rotatable bonds is 7. The summed E-state index contributed by atoms with van der Waals surface area (Å²) in [6.45, 7) is -0.523. The maximum atomic E-state index is 12.7. The van der Waals surface area contributed by atoms with Gasteiger partial charge in [0, 0.05) is 6.07 Å². The monoisotopic (exact) mass is 461 g/mol. The molecule has 8 nitrogen and oxygen atoms in total. The third-order valence-corrected chi connectivity index (χ3v) is 3.85. The summed E-state index contributed by atoms with van der Waals surface area (Å²) in [5.74, 6) is -0.856. The molecule has 0 fully saturated rings. The lowest BCUT2D eigenvalue weighted by Crippen LogP contribution is -2.09. The standard InChI is InChI=1S/C16H11BrF3N3O5/c17-11-5-9(1-4-14(11)28-8-15(24)25)7-21-22-12-3-2-10(16(18,19)20)6-13(12)23(26)27/h1-7,22H,8H2,(H,24,25)/b21-7-. The van der Waals surface area contributed by atoms with E-state index < -0.39 is 34.9 Å². The van der Waals surface area contributed by atoms with E-state index in [2.05, 4.69) is 26.5 Å². The molecule has 0 saturated heterocycles. The summed E-state index contributed by atoms with van der Waals surface area (Å²) in [6.07, 6.45) is -3.43. The van der Waals surface area contributed by atoms with E-state index in [1.54, 1.807) is 6.07 Å². The number of halogens is 4. The number of carbonyl (C=O) groups is 1. The molecule has 148 valence electrons. The Bertz CT molecular complexity index is 934. The molecule has 2 aromatic carbocycles. The van der Waals surface area contributed by atoms with Gasteiger partial charge >= 0.3 is 12.1 Å². The number of benzene rings is 2. The number of hydrogen-bond donors (Lipinski definition) is 2. The van der Waals surface area contributed by atoms with Gasteiger partial charge in [0.2, 0.25) is 0 Å². The van der Waals surface area contributed by atoms with Gasteiger partial charge in [-0.25, -0.2) is 4.79 Å². The summed E-state index contributed by atoms with van der Waals surface area (Å²) >= 11 is 3.20. The zero-order valence-electron chi connectivity index (χ0n) is 13.7. The van der Waals surface area contributed by atoms with Gasteiger partial charge in [-0.3, -0.25) is 15.5 Å². The lowest BCUT2D eigenvalue weighted by molar-refractivity contribution is -0.384. The molecule has 0 heterocycles. The SMILES string of the molecule is O=C(O)COc1ccc(/C=N\Nc2ccc(C(F)(F)F)cc2[N+](=O)[O-])cc1Br. The molecule has 0 unspecified atom stereocenters. The molecule has 2 N–H and O–H groups in total. The van der Waals surface area contributed by atoms with E-state index in [1.807, 2.05) is 0 Å². The van der Waals surface area contributed by atoms with Gasteiger partial charge in [0.15, 0.2) is 6.61 Å². The third kappa shape index (κ3) is 5.67. The first-order valence-electron chi connectivity index (χ1n) is 7.37. The number of carboxylic acids is 1. The van der Waals surface area contributed by atoms with Crippen LogP contribution >= 0.6 is 15.9 Å². The van der Waals surface area contributed by atoms with E-state index in [0.717, 1.165) is 6.07 Å². The number of anilines is 1. The van der Waals surface area contributed by atoms with Gasteiger partial charge in [0.1, 0.15) is 11.4 Å². The number of alkyl halides is 3. The summed E-state index contributed by atoms with van der Waals surface area (Å²) in [5.41, 5.74) is 0.713. The predicted molar refractivity (Wildman–Crippen MR) is 96.6 cm³/mol. The number of hydrazone groups is 1. The van der Waals surface area contributed by atoms with Crippen LogP contribution in [0, 0.1) is 10.1 Å². The highest BCUT2D eigenvalue weighted by Gasteiger charge is 2.33. The number of nitrogens with one attached hydrogen (secondary N) is 1. The molecule has 12 heteroatoms. The Morgan fingerprint density at radius 3 is 2.61 bits per heavy atom. The van der Waals surface area contributed by atoms with E-state index in [1.165, 1.54) is 18.3 Å². The van der Waals surface area contributed by atoms with Crippen LogP contribution in [-0.4, -0.2) is 28.8 Å². The average Bonchev–Trinajstić information content (AvgIpc) is 2.60. The third-order valence-electron chi connectivity index (χ3n) is 3.23. The highest BCUT2D eigenvalue weighted by atomic mass is 79.9. The van der Waals surface area contributed by atoms with Crippen molar-refractivity contribution in [3.8, 4) is 5.75 Å². The zero-order valence-corrected chi connectivity index (χ0v) is 15.3. The van der Waals surface area contributed by atoms with E-state index in [0.29, 0.717) is 22.2 Å². The first-order chi connectivity index (χ1) is 13.1. The number of nitrogens with zero attached hydrogens (tertiary/aromatic N) is 2. The molecule has 2 rings (SSSR count). The van der Waals surface area contributed by atoms with Crippen molar-refractivity contribution in [3.63, 3.8) is 0 Å². The fourth-order valence-corrected chi connectivity index (χ4v) is 2.49. The van der Waals surface area contributed by atoms with Gasteiger partial charge in [-0.05, 0) is 51.8 Å². The fourth-order valence-electron chi connectivity index (χ4n) is 1.98. The van der Waals surface area contributed by atoms with E-state index in [-0.39, 0.29) is 11.4 Å². The van der Waals surface area contributed by atoms with Crippen LogP contribution in [0.1, 0.15) is 11.1 Å². The van der Waals surface area contributed by atoms with Crippen molar-refractivity contribution in [1.29, 1.82) is 0 Å². The van der Waals surface area contributed by atoms with Crippen molar-refractivity contribution in [3.05, 3.63) is 62.1 Å². The van der Waals surface area contributed by atoms with Crippen molar-refractivity contribution in [2.75, 3.05) is 12.0 Å². The molecule has 0 bridgehead atoms. The minimum Gasteiger partial charge on any atom is -0.481 e. The topological polar surface area (TPSA) is 114 Å². The Morgan fingerprint density at radius 1 is 1.32 bits per heavy atom. The second-order valence-corrected chi connectivity index (χ2v) is 6.08. The molecule has 0 aliphatic heterocycles. The molecule has 2 aromatic rings. The van der Waals surface area contributed by atoms with Crippen molar-refractivity contribution >= 4 is 39.5 Å². The fraction of sp³-hybridized carbons (Fsp3) is 0.125. The quantitative estimate of drug-likeness (QED) is 0.361. The number of hydrogen-bond acceptors (Lipinski definition) is 6. The lowest BCUT2D eigenvalue weighted by atomic mass is 10.1. The highest BCUT2D eigenvalue weighted by molar-refractivity contribution is 9.10.